The van der Waals surface area contributed by atoms with Crippen LogP contribution in [0.4, 0.5) is 14.8 Å². The number of aromatic nitrogens is 2. The van der Waals surface area contributed by atoms with E-state index >= 15 is 0 Å². The molecule has 156 valence electrons. The second-order valence-electron chi connectivity index (χ2n) is 5.82. The number of methoxy groups -OCH3 is 3. The smallest absolute Gasteiger partial charge is 0.322 e. The van der Waals surface area contributed by atoms with Crippen molar-refractivity contribution in [1.29, 1.82) is 0 Å². The number of carbonyl (C=O) groups is 1. The molecule has 0 saturated heterocycles. The molecule has 1 aromatic heterocycles. The van der Waals surface area contributed by atoms with Crippen LogP contribution in [0.1, 0.15) is 5.56 Å². The number of nitrogens with one attached hydrogen (secondary N) is 1. The number of halogens is 2. The number of carbonyl (C=O) groups excluding carboxylic acids is 1. The summed E-state index contributed by atoms with van der Waals surface area (Å²) in [5.41, 5.74) is 0.525. The van der Waals surface area contributed by atoms with E-state index in [4.69, 9.17) is 18.6 Å². The van der Waals surface area contributed by atoms with Gasteiger partial charge >= 0.3 is 6.01 Å². The number of anilines is 1. The van der Waals surface area contributed by atoms with E-state index in [1.165, 1.54) is 33.5 Å². The van der Waals surface area contributed by atoms with E-state index < -0.39 is 17.5 Å². The average Bonchev–Trinajstić information content (AvgIpc) is 3.19. The molecule has 30 heavy (non-hydrogen) atoms. The molecular formula is C20H17F2N3O5. The van der Waals surface area contributed by atoms with Crippen LogP contribution in [-0.4, -0.2) is 37.4 Å². The quantitative estimate of drug-likeness (QED) is 0.586. The second kappa shape index (κ2) is 9.03. The summed E-state index contributed by atoms with van der Waals surface area (Å²) < 4.78 is 47.8. The highest BCUT2D eigenvalue weighted by molar-refractivity contribution is 6.00. The highest BCUT2D eigenvalue weighted by atomic mass is 19.1. The molecule has 0 fully saturated rings. The topological polar surface area (TPSA) is 95.7 Å². The lowest BCUT2D eigenvalue weighted by atomic mass is 10.1. The lowest BCUT2D eigenvalue weighted by Gasteiger charge is -2.12. The Morgan fingerprint density at radius 2 is 1.73 bits per heavy atom. The van der Waals surface area contributed by atoms with Crippen LogP contribution >= 0.6 is 0 Å². The Morgan fingerprint density at radius 3 is 2.33 bits per heavy atom. The second-order valence-corrected chi connectivity index (χ2v) is 5.82. The maximum atomic E-state index is 13.8. The first kappa shape index (κ1) is 20.8. The lowest BCUT2D eigenvalue weighted by molar-refractivity contribution is -0.112. The summed E-state index contributed by atoms with van der Waals surface area (Å²) in [6, 6.07) is 5.99. The number of hydrogen-bond acceptors (Lipinski definition) is 7. The molecule has 0 radical (unpaired) electrons. The van der Waals surface area contributed by atoms with E-state index in [-0.39, 0.29) is 17.5 Å². The SMILES string of the molecule is COc1cc(/C=C/C(=O)Nc2nnc(-c3ccc(F)cc3F)o2)cc(OC)c1OC. The molecule has 0 aliphatic carbocycles. The zero-order valence-corrected chi connectivity index (χ0v) is 16.2. The van der Waals surface area contributed by atoms with E-state index in [0.29, 0.717) is 28.9 Å². The predicted octanol–water partition coefficient (Wildman–Crippen LogP) is 3.69. The average molecular weight is 417 g/mol. The van der Waals surface area contributed by atoms with E-state index in [1.807, 2.05) is 0 Å². The van der Waals surface area contributed by atoms with Gasteiger partial charge in [0.25, 0.3) is 11.8 Å². The van der Waals surface area contributed by atoms with E-state index in [1.54, 1.807) is 12.1 Å². The van der Waals surface area contributed by atoms with Gasteiger partial charge in [-0.2, -0.15) is 0 Å². The molecule has 8 nitrogen and oxygen atoms in total. The summed E-state index contributed by atoms with van der Waals surface area (Å²) in [5.74, 6) is -1.08. The van der Waals surface area contributed by atoms with Crippen molar-refractivity contribution in [3.05, 3.63) is 53.6 Å². The van der Waals surface area contributed by atoms with Crippen LogP contribution in [0.3, 0.4) is 0 Å². The number of hydrogen-bond donors (Lipinski definition) is 1. The van der Waals surface area contributed by atoms with Gasteiger partial charge in [0, 0.05) is 12.1 Å². The lowest BCUT2D eigenvalue weighted by Crippen LogP contribution is -2.07. The molecule has 0 unspecified atom stereocenters. The van der Waals surface area contributed by atoms with Crippen LogP contribution in [0.15, 0.2) is 40.8 Å². The van der Waals surface area contributed by atoms with E-state index in [0.717, 1.165) is 12.1 Å². The fourth-order valence-corrected chi connectivity index (χ4v) is 2.56. The monoisotopic (exact) mass is 417 g/mol. The van der Waals surface area contributed by atoms with Crippen molar-refractivity contribution in [2.45, 2.75) is 0 Å². The summed E-state index contributed by atoms with van der Waals surface area (Å²) in [5, 5.41) is 9.64. The van der Waals surface area contributed by atoms with E-state index in [2.05, 4.69) is 15.5 Å². The molecule has 0 aliphatic heterocycles. The number of rotatable bonds is 7. The third kappa shape index (κ3) is 4.54. The third-order valence-corrected chi connectivity index (χ3v) is 3.93. The molecular weight excluding hydrogens is 400 g/mol. The van der Waals surface area contributed by atoms with Gasteiger partial charge in [0.1, 0.15) is 11.6 Å². The van der Waals surface area contributed by atoms with Crippen molar-refractivity contribution in [1.82, 2.24) is 10.2 Å². The molecule has 0 aliphatic rings. The largest absolute Gasteiger partial charge is 0.493 e. The minimum absolute atomic E-state index is 0.0858. The minimum atomic E-state index is -0.862. The molecule has 3 aromatic rings. The van der Waals surface area contributed by atoms with Crippen LogP contribution in [0.2, 0.25) is 0 Å². The Balaban J connectivity index is 1.73. The zero-order chi connectivity index (χ0) is 21.7. The Bertz CT molecular complexity index is 1070. The Kier molecular flexibility index (Phi) is 6.26. The first-order chi connectivity index (χ1) is 14.4. The standard InChI is InChI=1S/C20H17F2N3O5/c1-27-15-8-11(9-16(28-2)18(15)29-3)4-7-17(26)23-20-25-24-19(30-20)13-6-5-12(21)10-14(13)22/h4-10H,1-3H3,(H,23,25,26)/b7-4+. The molecule has 0 spiro atoms. The molecule has 2 aromatic carbocycles. The Hall–Kier alpha value is -3.95. The molecule has 0 atom stereocenters. The molecule has 3 rings (SSSR count). The summed E-state index contributed by atoms with van der Waals surface area (Å²) >= 11 is 0. The van der Waals surface area contributed by atoms with Gasteiger partial charge in [0.05, 0.1) is 26.9 Å². The van der Waals surface area contributed by atoms with Gasteiger partial charge in [-0.25, -0.2) is 8.78 Å². The fourth-order valence-electron chi connectivity index (χ4n) is 2.56. The van der Waals surface area contributed by atoms with Gasteiger partial charge in [0.2, 0.25) is 5.75 Å². The van der Waals surface area contributed by atoms with Crippen molar-refractivity contribution in [2.24, 2.45) is 0 Å². The zero-order valence-electron chi connectivity index (χ0n) is 16.2. The first-order valence-electron chi connectivity index (χ1n) is 8.53. The van der Waals surface area contributed by atoms with Crippen molar-refractivity contribution < 1.29 is 32.2 Å². The van der Waals surface area contributed by atoms with Crippen LogP contribution in [0.5, 0.6) is 17.2 Å². The maximum Gasteiger partial charge on any atom is 0.322 e. The summed E-state index contributed by atoms with van der Waals surface area (Å²) in [6.45, 7) is 0. The van der Waals surface area contributed by atoms with Gasteiger partial charge in [0.15, 0.2) is 11.5 Å². The molecule has 1 amide bonds. The van der Waals surface area contributed by atoms with Crippen molar-refractivity contribution in [3.8, 4) is 28.7 Å². The summed E-state index contributed by atoms with van der Waals surface area (Å²) in [6.07, 6.45) is 2.74. The van der Waals surface area contributed by atoms with Crippen molar-refractivity contribution >= 4 is 18.0 Å². The van der Waals surface area contributed by atoms with Gasteiger partial charge in [-0.05, 0) is 35.9 Å². The Labute approximate surface area is 170 Å². The number of nitrogens with zero attached hydrogens (tertiary/aromatic N) is 2. The van der Waals surface area contributed by atoms with Crippen LogP contribution in [0.25, 0.3) is 17.5 Å². The van der Waals surface area contributed by atoms with Gasteiger partial charge in [-0.3, -0.25) is 10.1 Å². The number of amides is 1. The Morgan fingerprint density at radius 1 is 1.03 bits per heavy atom. The predicted molar refractivity (Wildman–Crippen MR) is 103 cm³/mol. The van der Waals surface area contributed by atoms with Crippen LogP contribution in [0, 0.1) is 11.6 Å². The number of ether oxygens (including phenoxy) is 3. The van der Waals surface area contributed by atoms with Crippen molar-refractivity contribution in [3.63, 3.8) is 0 Å². The molecule has 10 heteroatoms. The highest BCUT2D eigenvalue weighted by Gasteiger charge is 2.15. The normalized spacial score (nSPS) is 10.8. The first-order valence-corrected chi connectivity index (χ1v) is 8.53. The van der Waals surface area contributed by atoms with Crippen LogP contribution < -0.4 is 19.5 Å². The summed E-state index contributed by atoms with van der Waals surface area (Å²) in [7, 11) is 4.45. The van der Waals surface area contributed by atoms with E-state index in [9.17, 15) is 13.6 Å². The molecule has 1 N–H and O–H groups in total. The van der Waals surface area contributed by atoms with Crippen molar-refractivity contribution in [2.75, 3.05) is 26.6 Å². The van der Waals surface area contributed by atoms with Gasteiger partial charge < -0.3 is 18.6 Å². The minimum Gasteiger partial charge on any atom is -0.493 e. The maximum absolute atomic E-state index is 13.8. The summed E-state index contributed by atoms with van der Waals surface area (Å²) in [4.78, 5) is 12.1. The van der Waals surface area contributed by atoms with Crippen LogP contribution in [-0.2, 0) is 4.79 Å². The molecule has 0 bridgehead atoms. The number of benzene rings is 2. The van der Waals surface area contributed by atoms with Gasteiger partial charge in [-0.1, -0.05) is 5.10 Å². The third-order valence-electron chi connectivity index (χ3n) is 3.93. The van der Waals surface area contributed by atoms with Gasteiger partial charge in [-0.15, -0.1) is 5.10 Å². The highest BCUT2D eigenvalue weighted by Crippen LogP contribution is 2.38. The molecule has 0 saturated carbocycles. The molecule has 1 heterocycles. The fraction of sp³-hybridized carbons (Fsp3) is 0.150.